The average molecular weight is 256 g/mol. The van der Waals surface area contributed by atoms with Gasteiger partial charge in [0.15, 0.2) is 0 Å². The van der Waals surface area contributed by atoms with Crippen molar-refractivity contribution in [2.45, 2.75) is 30.5 Å². The molecule has 100 valence electrons. The molecule has 1 aliphatic rings. The Bertz CT molecular complexity index is 471. The van der Waals surface area contributed by atoms with Crippen molar-refractivity contribution < 1.29 is 10.2 Å². The van der Waals surface area contributed by atoms with Crippen LogP contribution in [0.5, 0.6) is 0 Å². The summed E-state index contributed by atoms with van der Waals surface area (Å²) in [7, 11) is 0. The van der Waals surface area contributed by atoms with E-state index in [0.717, 1.165) is 6.42 Å². The van der Waals surface area contributed by atoms with E-state index in [1.807, 2.05) is 30.3 Å². The summed E-state index contributed by atoms with van der Waals surface area (Å²) in [5, 5.41) is 20.6. The second kappa shape index (κ2) is 5.55. The molecule has 0 heterocycles. The highest BCUT2D eigenvalue weighted by Crippen LogP contribution is 2.28. The third-order valence-electron chi connectivity index (χ3n) is 3.45. The summed E-state index contributed by atoms with van der Waals surface area (Å²) < 4.78 is 0. The summed E-state index contributed by atoms with van der Waals surface area (Å²) in [5.74, 6) is 0. The summed E-state index contributed by atoms with van der Waals surface area (Å²) in [6.07, 6.45) is 10.2. The van der Waals surface area contributed by atoms with Crippen LogP contribution in [0.25, 0.3) is 0 Å². The predicted octanol–water partition coefficient (Wildman–Crippen LogP) is 2.78. The highest BCUT2D eigenvalue weighted by Gasteiger charge is 2.29. The van der Waals surface area contributed by atoms with Crippen molar-refractivity contribution in [2.24, 2.45) is 0 Å². The first-order valence-corrected chi connectivity index (χ1v) is 6.56. The van der Waals surface area contributed by atoms with Crippen molar-refractivity contribution in [3.05, 3.63) is 72.9 Å². The first kappa shape index (κ1) is 13.8. The van der Waals surface area contributed by atoms with Crippen molar-refractivity contribution in [2.75, 3.05) is 0 Å². The third kappa shape index (κ3) is 3.66. The molecule has 0 saturated heterocycles. The third-order valence-corrected chi connectivity index (χ3v) is 3.45. The van der Waals surface area contributed by atoms with Crippen LogP contribution in [0.3, 0.4) is 0 Å². The van der Waals surface area contributed by atoms with Crippen LogP contribution in [0.15, 0.2) is 67.3 Å². The fourth-order valence-corrected chi connectivity index (χ4v) is 2.21. The van der Waals surface area contributed by atoms with Gasteiger partial charge in [-0.25, -0.2) is 0 Å². The molecule has 0 aliphatic heterocycles. The van der Waals surface area contributed by atoms with Crippen molar-refractivity contribution in [1.82, 2.24) is 0 Å². The largest absolute Gasteiger partial charge is 0.382 e. The van der Waals surface area contributed by atoms with Gasteiger partial charge in [-0.15, -0.1) is 6.58 Å². The summed E-state index contributed by atoms with van der Waals surface area (Å²) >= 11 is 0. The van der Waals surface area contributed by atoms with Gasteiger partial charge in [-0.2, -0.15) is 0 Å². The van der Waals surface area contributed by atoms with Crippen molar-refractivity contribution in [3.8, 4) is 0 Å². The van der Waals surface area contributed by atoms with Crippen LogP contribution in [-0.4, -0.2) is 21.4 Å². The Morgan fingerprint density at radius 3 is 2.11 bits per heavy atom. The number of aryl methyl sites for hydroxylation is 1. The lowest BCUT2D eigenvalue weighted by molar-refractivity contribution is 0.103. The molecule has 0 radical (unpaired) electrons. The zero-order valence-corrected chi connectivity index (χ0v) is 11.0. The molecule has 0 amide bonds. The van der Waals surface area contributed by atoms with Gasteiger partial charge < -0.3 is 10.2 Å². The Labute approximate surface area is 114 Å². The molecule has 0 saturated carbocycles. The zero-order chi connectivity index (χ0) is 13.8. The molecule has 1 aromatic carbocycles. The second-order valence-corrected chi connectivity index (χ2v) is 5.13. The minimum atomic E-state index is -0.999. The second-order valence-electron chi connectivity index (χ2n) is 5.13. The van der Waals surface area contributed by atoms with Gasteiger partial charge >= 0.3 is 0 Å². The van der Waals surface area contributed by atoms with E-state index in [1.165, 1.54) is 5.56 Å². The van der Waals surface area contributed by atoms with Gasteiger partial charge in [-0.1, -0.05) is 48.6 Å². The number of benzene rings is 1. The Morgan fingerprint density at radius 1 is 0.947 bits per heavy atom. The molecule has 2 heteroatoms. The molecule has 1 aliphatic carbocycles. The normalized spacial score (nSPS) is 29.4. The lowest BCUT2D eigenvalue weighted by Gasteiger charge is -2.30. The van der Waals surface area contributed by atoms with Crippen LogP contribution in [0, 0.1) is 0 Å². The maximum atomic E-state index is 10.4. The molecule has 2 N–H and O–H groups in total. The van der Waals surface area contributed by atoms with E-state index in [1.54, 1.807) is 30.4 Å². The Morgan fingerprint density at radius 2 is 1.53 bits per heavy atom. The highest BCUT2D eigenvalue weighted by molar-refractivity contribution is 5.30. The zero-order valence-electron chi connectivity index (χ0n) is 11.0. The van der Waals surface area contributed by atoms with Gasteiger partial charge in [-0.05, 0) is 30.6 Å². The smallest absolute Gasteiger partial charge is 0.104 e. The Kier molecular flexibility index (Phi) is 4.03. The molecule has 0 fully saturated rings. The van der Waals surface area contributed by atoms with E-state index in [4.69, 9.17) is 0 Å². The maximum absolute atomic E-state index is 10.4. The van der Waals surface area contributed by atoms with Crippen LogP contribution >= 0.6 is 0 Å². The van der Waals surface area contributed by atoms with Crippen molar-refractivity contribution >= 4 is 0 Å². The Hall–Kier alpha value is -1.64. The molecule has 0 aromatic heterocycles. The maximum Gasteiger partial charge on any atom is 0.104 e. The van der Waals surface area contributed by atoms with Crippen LogP contribution in [-0.2, 0) is 6.42 Å². The molecule has 0 atom stereocenters. The first-order chi connectivity index (χ1) is 9.05. The minimum absolute atomic E-state index is 0.453. The van der Waals surface area contributed by atoms with Crippen LogP contribution < -0.4 is 0 Å². The number of aliphatic hydroxyl groups is 2. The van der Waals surface area contributed by atoms with E-state index >= 15 is 0 Å². The molecule has 0 spiro atoms. The number of hydrogen-bond acceptors (Lipinski definition) is 2. The fourth-order valence-electron chi connectivity index (χ4n) is 2.21. The molecule has 0 bridgehead atoms. The molecule has 0 unspecified atom stereocenters. The summed E-state index contributed by atoms with van der Waals surface area (Å²) in [6.45, 7) is 3.62. The van der Waals surface area contributed by atoms with Gasteiger partial charge in [0, 0.05) is 6.42 Å². The lowest BCUT2D eigenvalue weighted by Crippen LogP contribution is -2.33. The van der Waals surface area contributed by atoms with E-state index in [-0.39, 0.29) is 0 Å². The first-order valence-electron chi connectivity index (χ1n) is 6.56. The number of hydrogen-bond donors (Lipinski definition) is 2. The van der Waals surface area contributed by atoms with E-state index < -0.39 is 11.2 Å². The topological polar surface area (TPSA) is 40.5 Å². The molecular formula is C17H20O2. The van der Waals surface area contributed by atoms with Gasteiger partial charge in [0.25, 0.3) is 0 Å². The Balaban J connectivity index is 1.98. The molecule has 1 aromatic rings. The highest BCUT2D eigenvalue weighted by atomic mass is 16.3. The molecular weight excluding hydrogens is 236 g/mol. The molecule has 19 heavy (non-hydrogen) atoms. The monoisotopic (exact) mass is 256 g/mol. The van der Waals surface area contributed by atoms with Crippen LogP contribution in [0.1, 0.15) is 18.4 Å². The van der Waals surface area contributed by atoms with Crippen LogP contribution in [0.2, 0.25) is 0 Å². The summed E-state index contributed by atoms with van der Waals surface area (Å²) in [4.78, 5) is 0. The van der Waals surface area contributed by atoms with E-state index in [2.05, 4.69) is 6.58 Å². The van der Waals surface area contributed by atoms with E-state index in [9.17, 15) is 10.2 Å². The summed E-state index contributed by atoms with van der Waals surface area (Å²) in [6, 6.07) is 10.1. The SMILES string of the molecule is C=CCC1(O)C=CC(O)(CCc2ccccc2)C=C1. The van der Waals surface area contributed by atoms with Gasteiger partial charge in [0.05, 0.1) is 0 Å². The van der Waals surface area contributed by atoms with Gasteiger partial charge in [-0.3, -0.25) is 0 Å². The fraction of sp³-hybridized carbons (Fsp3) is 0.294. The van der Waals surface area contributed by atoms with Crippen molar-refractivity contribution in [1.29, 1.82) is 0 Å². The lowest BCUT2D eigenvalue weighted by atomic mass is 9.84. The summed E-state index contributed by atoms with van der Waals surface area (Å²) in [5.41, 5.74) is -0.770. The van der Waals surface area contributed by atoms with Gasteiger partial charge in [0.1, 0.15) is 11.2 Å². The quantitative estimate of drug-likeness (QED) is 0.795. The van der Waals surface area contributed by atoms with Crippen molar-refractivity contribution in [3.63, 3.8) is 0 Å². The standard InChI is InChI=1S/C17H20O2/c1-2-9-16(18)11-13-17(19,14-12-16)10-8-15-6-4-3-5-7-15/h2-7,11-14,18-19H,1,8-10H2. The number of rotatable bonds is 5. The van der Waals surface area contributed by atoms with E-state index in [0.29, 0.717) is 12.8 Å². The minimum Gasteiger partial charge on any atom is -0.382 e. The molecule has 2 nitrogen and oxygen atoms in total. The predicted molar refractivity (Wildman–Crippen MR) is 77.8 cm³/mol. The van der Waals surface area contributed by atoms with Gasteiger partial charge in [0.2, 0.25) is 0 Å². The van der Waals surface area contributed by atoms with Crippen LogP contribution in [0.4, 0.5) is 0 Å². The molecule has 2 rings (SSSR count). The average Bonchev–Trinajstić information content (AvgIpc) is 2.43.